The van der Waals surface area contributed by atoms with Gasteiger partial charge in [0.25, 0.3) is 0 Å². The third kappa shape index (κ3) is 32.2. The highest BCUT2D eigenvalue weighted by Crippen LogP contribution is 2.17. The maximum Gasteiger partial charge on any atom is 0.508 e. The quantitative estimate of drug-likeness (QED) is 0.0578. The summed E-state index contributed by atoms with van der Waals surface area (Å²) < 4.78 is 27.6. The molecule has 1 unspecified atom stereocenters. The summed E-state index contributed by atoms with van der Waals surface area (Å²) in [5, 5.41) is 17.8. The van der Waals surface area contributed by atoms with E-state index in [-0.39, 0.29) is 19.3 Å². The molecule has 0 aliphatic carbocycles. The SMILES string of the molecule is CCCCCCCCC(CCCCCC)OC(=O)OCCCCCN(CCCCCO)CCOCCOCCOCCO. The zero-order chi connectivity index (χ0) is 31.5. The Hall–Kier alpha value is -0.970. The molecule has 0 aromatic heterocycles. The van der Waals surface area contributed by atoms with Crippen molar-refractivity contribution in [1.29, 1.82) is 0 Å². The van der Waals surface area contributed by atoms with Crippen LogP contribution in [0.15, 0.2) is 0 Å². The van der Waals surface area contributed by atoms with Gasteiger partial charge >= 0.3 is 6.16 Å². The van der Waals surface area contributed by atoms with E-state index in [1.54, 1.807) is 0 Å². The highest BCUT2D eigenvalue weighted by atomic mass is 16.7. The molecule has 0 heterocycles. The van der Waals surface area contributed by atoms with E-state index < -0.39 is 6.16 Å². The maximum atomic E-state index is 12.4. The first-order chi connectivity index (χ1) is 21.2. The molecule has 0 saturated carbocycles. The van der Waals surface area contributed by atoms with Crippen LogP contribution in [-0.4, -0.2) is 106 Å². The van der Waals surface area contributed by atoms with Gasteiger partial charge < -0.3 is 38.8 Å². The number of unbranched alkanes of at least 4 members (excludes halogenated alkanes) is 12. The summed E-state index contributed by atoms with van der Waals surface area (Å²) in [5.74, 6) is 0. The number of carbonyl (C=O) groups excluding carboxylic acids is 1. The lowest BCUT2D eigenvalue weighted by Gasteiger charge is -2.22. The van der Waals surface area contributed by atoms with Crippen molar-refractivity contribution in [3.05, 3.63) is 0 Å². The highest BCUT2D eigenvalue weighted by molar-refractivity contribution is 5.60. The van der Waals surface area contributed by atoms with E-state index in [4.69, 9.17) is 33.9 Å². The lowest BCUT2D eigenvalue weighted by Crippen LogP contribution is -2.30. The third-order valence-electron chi connectivity index (χ3n) is 7.52. The fourth-order valence-electron chi connectivity index (χ4n) is 4.91. The molecular formula is C34H69NO8. The van der Waals surface area contributed by atoms with E-state index in [0.29, 0.717) is 46.2 Å². The fourth-order valence-corrected chi connectivity index (χ4v) is 4.91. The van der Waals surface area contributed by atoms with Gasteiger partial charge in [-0.25, -0.2) is 4.79 Å². The molecule has 0 aromatic rings. The normalized spacial score (nSPS) is 12.2. The van der Waals surface area contributed by atoms with Crippen LogP contribution in [0.2, 0.25) is 0 Å². The molecule has 0 amide bonds. The first-order valence-electron chi connectivity index (χ1n) is 17.7. The Labute approximate surface area is 264 Å². The second-order valence-corrected chi connectivity index (χ2v) is 11.5. The first-order valence-corrected chi connectivity index (χ1v) is 17.7. The van der Waals surface area contributed by atoms with E-state index in [1.165, 1.54) is 51.4 Å². The summed E-state index contributed by atoms with van der Waals surface area (Å²) in [6, 6.07) is 0. The van der Waals surface area contributed by atoms with Crippen molar-refractivity contribution < 1.29 is 38.7 Å². The Morgan fingerprint density at radius 1 is 0.535 bits per heavy atom. The average molecular weight is 620 g/mol. The summed E-state index contributed by atoms with van der Waals surface area (Å²) in [6.45, 7) is 11.0. The average Bonchev–Trinajstić information content (AvgIpc) is 3.01. The molecule has 0 radical (unpaired) electrons. The van der Waals surface area contributed by atoms with Crippen LogP contribution < -0.4 is 0 Å². The minimum atomic E-state index is -0.504. The molecule has 9 heteroatoms. The molecule has 0 rings (SSSR count). The Bertz CT molecular complexity index is 554. The van der Waals surface area contributed by atoms with E-state index in [2.05, 4.69) is 18.7 Å². The number of hydrogen-bond donors (Lipinski definition) is 2. The maximum absolute atomic E-state index is 12.4. The Balaban J connectivity index is 4.16. The van der Waals surface area contributed by atoms with Gasteiger partial charge in [-0.1, -0.05) is 65.2 Å². The van der Waals surface area contributed by atoms with Crippen LogP contribution in [0.4, 0.5) is 4.79 Å². The molecule has 2 N–H and O–H groups in total. The van der Waals surface area contributed by atoms with Gasteiger partial charge in [-0.15, -0.1) is 0 Å². The molecule has 1 atom stereocenters. The molecule has 0 bridgehead atoms. The second-order valence-electron chi connectivity index (χ2n) is 11.5. The van der Waals surface area contributed by atoms with Gasteiger partial charge in [-0.2, -0.15) is 0 Å². The van der Waals surface area contributed by atoms with Gasteiger partial charge in [0.05, 0.1) is 52.9 Å². The zero-order valence-electron chi connectivity index (χ0n) is 28.1. The monoisotopic (exact) mass is 620 g/mol. The number of hydrogen-bond acceptors (Lipinski definition) is 9. The van der Waals surface area contributed by atoms with Gasteiger partial charge in [0, 0.05) is 13.2 Å². The standard InChI is InChI=1S/C34H69NO8/c1-3-5-7-9-10-14-20-33(19-13-8-6-4-2)43-34(38)42-26-18-12-16-22-35(21-15-11-17-24-36)23-27-39-29-31-41-32-30-40-28-25-37/h33,36-37H,3-32H2,1-2H3. The molecule has 0 saturated heterocycles. The topological polar surface area (TPSA) is 107 Å². The van der Waals surface area contributed by atoms with Crippen molar-refractivity contribution in [2.24, 2.45) is 0 Å². The molecule has 0 aliphatic rings. The second kappa shape index (κ2) is 35.5. The summed E-state index contributed by atoms with van der Waals surface area (Å²) >= 11 is 0. The molecule has 258 valence electrons. The zero-order valence-corrected chi connectivity index (χ0v) is 28.1. The van der Waals surface area contributed by atoms with Gasteiger partial charge in [0.2, 0.25) is 0 Å². The van der Waals surface area contributed by atoms with Crippen molar-refractivity contribution in [3.63, 3.8) is 0 Å². The Morgan fingerprint density at radius 3 is 1.65 bits per heavy atom. The van der Waals surface area contributed by atoms with E-state index in [9.17, 15) is 4.79 Å². The molecule has 0 aromatic carbocycles. The first kappa shape index (κ1) is 42.0. The predicted octanol–water partition coefficient (Wildman–Crippen LogP) is 6.91. The van der Waals surface area contributed by atoms with Gasteiger partial charge in [0.1, 0.15) is 6.10 Å². The summed E-state index contributed by atoms with van der Waals surface area (Å²) in [4.78, 5) is 14.8. The van der Waals surface area contributed by atoms with Crippen LogP contribution >= 0.6 is 0 Å². The molecular weight excluding hydrogens is 550 g/mol. The van der Waals surface area contributed by atoms with Crippen LogP contribution in [0, 0.1) is 0 Å². The summed E-state index contributed by atoms with van der Waals surface area (Å²) in [7, 11) is 0. The largest absolute Gasteiger partial charge is 0.508 e. The van der Waals surface area contributed by atoms with E-state index in [1.807, 2.05) is 0 Å². The lowest BCUT2D eigenvalue weighted by atomic mass is 10.0. The van der Waals surface area contributed by atoms with Crippen molar-refractivity contribution in [2.45, 2.75) is 136 Å². The fraction of sp³-hybridized carbons (Fsp3) is 0.971. The molecule has 0 fully saturated rings. The molecule has 0 spiro atoms. The molecule has 43 heavy (non-hydrogen) atoms. The smallest absolute Gasteiger partial charge is 0.434 e. The van der Waals surface area contributed by atoms with E-state index >= 15 is 0 Å². The minimum absolute atomic E-state index is 0.0189. The number of aliphatic hydroxyl groups excluding tert-OH is 2. The predicted molar refractivity (Wildman–Crippen MR) is 174 cm³/mol. The van der Waals surface area contributed by atoms with Gasteiger partial charge in [0.15, 0.2) is 0 Å². The van der Waals surface area contributed by atoms with Crippen LogP contribution in [0.3, 0.4) is 0 Å². The molecule has 0 aliphatic heterocycles. The lowest BCUT2D eigenvalue weighted by molar-refractivity contribution is 0.00441. The van der Waals surface area contributed by atoms with Crippen molar-refractivity contribution >= 4 is 6.16 Å². The number of carbonyl (C=O) groups is 1. The number of ether oxygens (including phenoxy) is 5. The highest BCUT2D eigenvalue weighted by Gasteiger charge is 2.15. The Morgan fingerprint density at radius 2 is 1.05 bits per heavy atom. The van der Waals surface area contributed by atoms with Crippen LogP contribution in [0.5, 0.6) is 0 Å². The van der Waals surface area contributed by atoms with E-state index in [0.717, 1.165) is 83.8 Å². The van der Waals surface area contributed by atoms with Crippen LogP contribution in [-0.2, 0) is 23.7 Å². The number of rotatable bonds is 35. The van der Waals surface area contributed by atoms with Gasteiger partial charge in [-0.3, -0.25) is 0 Å². The molecule has 9 nitrogen and oxygen atoms in total. The van der Waals surface area contributed by atoms with Crippen molar-refractivity contribution in [2.75, 3.05) is 79.1 Å². The van der Waals surface area contributed by atoms with Gasteiger partial charge in [-0.05, 0) is 77.3 Å². The van der Waals surface area contributed by atoms with Crippen molar-refractivity contribution in [3.8, 4) is 0 Å². The van der Waals surface area contributed by atoms with Crippen LogP contribution in [0.25, 0.3) is 0 Å². The minimum Gasteiger partial charge on any atom is -0.434 e. The van der Waals surface area contributed by atoms with Crippen molar-refractivity contribution in [1.82, 2.24) is 4.90 Å². The number of nitrogens with zero attached hydrogens (tertiary/aromatic N) is 1. The van der Waals surface area contributed by atoms with Crippen LogP contribution in [0.1, 0.15) is 129 Å². The summed E-state index contributed by atoms with van der Waals surface area (Å²) in [6.07, 6.45) is 19.4. The summed E-state index contributed by atoms with van der Waals surface area (Å²) in [5.41, 5.74) is 0. The third-order valence-corrected chi connectivity index (χ3v) is 7.52. The Kier molecular flexibility index (Phi) is 34.7. The number of aliphatic hydroxyl groups is 2.